The second kappa shape index (κ2) is 8.57. The summed E-state index contributed by atoms with van der Waals surface area (Å²) in [5.74, 6) is 0.648. The lowest BCUT2D eigenvalue weighted by molar-refractivity contribution is -0.158. The lowest BCUT2D eigenvalue weighted by atomic mass is 10.1. The van der Waals surface area contributed by atoms with Gasteiger partial charge < -0.3 is 24.3 Å². The van der Waals surface area contributed by atoms with Crippen LogP contribution < -0.4 is 19.5 Å². The highest BCUT2D eigenvalue weighted by molar-refractivity contribution is 5.95. The van der Waals surface area contributed by atoms with Gasteiger partial charge in [0.1, 0.15) is 12.6 Å². The summed E-state index contributed by atoms with van der Waals surface area (Å²) in [5, 5.41) is 2.77. The normalized spacial score (nSPS) is 17.6. The van der Waals surface area contributed by atoms with Gasteiger partial charge in [0.25, 0.3) is 0 Å². The van der Waals surface area contributed by atoms with Crippen LogP contribution in [0.4, 0.5) is 5.69 Å². The lowest BCUT2D eigenvalue weighted by Gasteiger charge is -2.32. The third-order valence-electron chi connectivity index (χ3n) is 4.07. The Bertz CT molecular complexity index is 609. The van der Waals surface area contributed by atoms with Crippen molar-refractivity contribution in [2.45, 2.75) is 19.4 Å². The zero-order valence-corrected chi connectivity index (χ0v) is 15.0. The Balaban J connectivity index is 2.13. The number of benzene rings is 1. The average Bonchev–Trinajstić information content (AvgIpc) is 2.62. The minimum absolute atomic E-state index is 0.0172. The van der Waals surface area contributed by atoms with Gasteiger partial charge in [-0.1, -0.05) is 6.92 Å². The van der Waals surface area contributed by atoms with Gasteiger partial charge in [-0.2, -0.15) is 0 Å². The predicted molar refractivity (Wildman–Crippen MR) is 91.3 cm³/mol. The fourth-order valence-electron chi connectivity index (χ4n) is 2.80. The van der Waals surface area contributed by atoms with Gasteiger partial charge >= 0.3 is 5.97 Å². The highest BCUT2D eigenvalue weighted by Gasteiger charge is 2.32. The molecular formula is C17H24N2O6. The first-order chi connectivity index (χ1) is 12.0. The van der Waals surface area contributed by atoms with Crippen LogP contribution in [0.3, 0.4) is 0 Å². The van der Waals surface area contributed by atoms with Gasteiger partial charge in [-0.3, -0.25) is 14.5 Å². The standard InChI is InChI=1S/C17H24N2O6/c1-5-19-6-7-25-17(21)12(19)10-15(20)18-11-8-13(22-2)16(24-4)14(9-11)23-3/h8-9,12H,5-7,10H2,1-4H3,(H,18,20). The first-order valence-corrected chi connectivity index (χ1v) is 8.04. The SMILES string of the molecule is CCN1CCOC(=O)C1CC(=O)Nc1cc(OC)c(OC)c(OC)c1. The number of carbonyl (C=O) groups excluding carboxylic acids is 2. The molecule has 0 bridgehead atoms. The fraction of sp³-hybridized carbons (Fsp3) is 0.529. The van der Waals surface area contributed by atoms with E-state index in [9.17, 15) is 9.59 Å². The van der Waals surface area contributed by atoms with Crippen LogP contribution in [0.15, 0.2) is 12.1 Å². The van der Waals surface area contributed by atoms with Crippen molar-refractivity contribution in [3.8, 4) is 17.2 Å². The van der Waals surface area contributed by atoms with E-state index in [2.05, 4.69) is 5.32 Å². The number of anilines is 1. The molecule has 1 aliphatic rings. The highest BCUT2D eigenvalue weighted by Crippen LogP contribution is 2.39. The van der Waals surface area contributed by atoms with E-state index in [1.807, 2.05) is 11.8 Å². The number of esters is 1. The van der Waals surface area contributed by atoms with Crippen molar-refractivity contribution >= 4 is 17.6 Å². The van der Waals surface area contributed by atoms with Gasteiger partial charge in [0.2, 0.25) is 11.7 Å². The Morgan fingerprint density at radius 1 is 1.24 bits per heavy atom. The molecule has 1 N–H and O–H groups in total. The van der Waals surface area contributed by atoms with Crippen molar-refractivity contribution < 1.29 is 28.5 Å². The molecule has 1 fully saturated rings. The fourth-order valence-corrected chi connectivity index (χ4v) is 2.80. The van der Waals surface area contributed by atoms with E-state index in [1.54, 1.807) is 12.1 Å². The number of amides is 1. The van der Waals surface area contributed by atoms with E-state index >= 15 is 0 Å². The number of nitrogens with zero attached hydrogens (tertiary/aromatic N) is 1. The molecule has 0 aromatic heterocycles. The summed E-state index contributed by atoms with van der Waals surface area (Å²) in [5.41, 5.74) is 0.492. The van der Waals surface area contributed by atoms with E-state index in [0.717, 1.165) is 0 Å². The quantitative estimate of drug-likeness (QED) is 0.740. The summed E-state index contributed by atoms with van der Waals surface area (Å²) in [7, 11) is 4.51. The Hall–Kier alpha value is -2.48. The number of ether oxygens (including phenoxy) is 4. The molecule has 1 atom stereocenters. The molecule has 0 spiro atoms. The monoisotopic (exact) mass is 352 g/mol. The number of rotatable bonds is 7. The van der Waals surface area contributed by atoms with E-state index in [4.69, 9.17) is 18.9 Å². The van der Waals surface area contributed by atoms with Gasteiger partial charge in [-0.05, 0) is 6.54 Å². The molecule has 1 saturated heterocycles. The zero-order chi connectivity index (χ0) is 18.4. The van der Waals surface area contributed by atoms with Crippen LogP contribution in [0, 0.1) is 0 Å². The minimum Gasteiger partial charge on any atom is -0.493 e. The summed E-state index contributed by atoms with van der Waals surface area (Å²) < 4.78 is 20.8. The minimum atomic E-state index is -0.569. The van der Waals surface area contributed by atoms with E-state index < -0.39 is 6.04 Å². The van der Waals surface area contributed by atoms with Crippen LogP contribution in [-0.2, 0) is 14.3 Å². The molecule has 8 heteroatoms. The maximum atomic E-state index is 12.4. The largest absolute Gasteiger partial charge is 0.493 e. The van der Waals surface area contributed by atoms with E-state index in [1.165, 1.54) is 21.3 Å². The van der Waals surface area contributed by atoms with Crippen LogP contribution in [0.5, 0.6) is 17.2 Å². The molecule has 138 valence electrons. The molecule has 1 amide bonds. The summed E-state index contributed by atoms with van der Waals surface area (Å²) in [6.07, 6.45) is 0.0172. The first kappa shape index (κ1) is 18.9. The molecule has 1 unspecified atom stereocenters. The van der Waals surface area contributed by atoms with Crippen molar-refractivity contribution in [1.29, 1.82) is 0 Å². The number of morpholine rings is 1. The summed E-state index contributed by atoms with van der Waals surface area (Å²) >= 11 is 0. The Labute approximate surface area is 147 Å². The van der Waals surface area contributed by atoms with Crippen molar-refractivity contribution in [2.24, 2.45) is 0 Å². The molecule has 0 aliphatic carbocycles. The van der Waals surface area contributed by atoms with Crippen molar-refractivity contribution in [1.82, 2.24) is 4.90 Å². The lowest BCUT2D eigenvalue weighted by Crippen LogP contribution is -2.50. The number of methoxy groups -OCH3 is 3. The van der Waals surface area contributed by atoms with Crippen LogP contribution in [0.1, 0.15) is 13.3 Å². The van der Waals surface area contributed by atoms with E-state index in [-0.39, 0.29) is 18.3 Å². The number of hydrogen-bond donors (Lipinski definition) is 1. The highest BCUT2D eigenvalue weighted by atomic mass is 16.5. The summed E-state index contributed by atoms with van der Waals surface area (Å²) in [6, 6.07) is 2.70. The zero-order valence-electron chi connectivity index (χ0n) is 15.0. The molecule has 0 saturated carbocycles. The Morgan fingerprint density at radius 2 is 1.88 bits per heavy atom. The van der Waals surface area contributed by atoms with Crippen LogP contribution in [0.2, 0.25) is 0 Å². The molecule has 8 nitrogen and oxygen atoms in total. The Morgan fingerprint density at radius 3 is 2.40 bits per heavy atom. The topological polar surface area (TPSA) is 86.3 Å². The number of cyclic esters (lactones) is 1. The van der Waals surface area contributed by atoms with Crippen molar-refractivity contribution in [3.05, 3.63) is 12.1 Å². The third-order valence-corrected chi connectivity index (χ3v) is 4.07. The number of carbonyl (C=O) groups is 2. The number of likely N-dealkylation sites (N-methyl/N-ethyl adjacent to an activating group) is 1. The first-order valence-electron chi connectivity index (χ1n) is 8.04. The van der Waals surface area contributed by atoms with Gasteiger partial charge in [0.05, 0.1) is 27.8 Å². The van der Waals surface area contributed by atoms with Crippen LogP contribution in [-0.4, -0.2) is 63.8 Å². The molecule has 1 aliphatic heterocycles. The third kappa shape index (κ3) is 4.33. The second-order valence-corrected chi connectivity index (χ2v) is 5.48. The average molecular weight is 352 g/mol. The van der Waals surface area contributed by atoms with Crippen LogP contribution in [0.25, 0.3) is 0 Å². The molecule has 1 heterocycles. The summed E-state index contributed by atoms with van der Waals surface area (Å²) in [4.78, 5) is 26.2. The van der Waals surface area contributed by atoms with E-state index in [0.29, 0.717) is 42.6 Å². The molecule has 1 aromatic carbocycles. The van der Waals surface area contributed by atoms with Gasteiger partial charge in [-0.25, -0.2) is 0 Å². The number of nitrogens with one attached hydrogen (secondary N) is 1. The van der Waals surface area contributed by atoms with Gasteiger partial charge in [0.15, 0.2) is 11.5 Å². The van der Waals surface area contributed by atoms with Crippen molar-refractivity contribution in [2.75, 3.05) is 46.3 Å². The predicted octanol–water partition coefficient (Wildman–Crippen LogP) is 1.29. The molecule has 0 radical (unpaired) electrons. The summed E-state index contributed by atoms with van der Waals surface area (Å²) in [6.45, 7) is 3.61. The maximum Gasteiger partial charge on any atom is 0.323 e. The molecule has 25 heavy (non-hydrogen) atoms. The van der Waals surface area contributed by atoms with Crippen LogP contribution >= 0.6 is 0 Å². The van der Waals surface area contributed by atoms with Gasteiger partial charge in [-0.15, -0.1) is 0 Å². The molecular weight excluding hydrogens is 328 g/mol. The van der Waals surface area contributed by atoms with Crippen molar-refractivity contribution in [3.63, 3.8) is 0 Å². The molecule has 1 aromatic rings. The Kier molecular flexibility index (Phi) is 6.46. The smallest absolute Gasteiger partial charge is 0.323 e. The second-order valence-electron chi connectivity index (χ2n) is 5.48. The van der Waals surface area contributed by atoms with Gasteiger partial charge in [0, 0.05) is 24.4 Å². The number of hydrogen-bond acceptors (Lipinski definition) is 7. The maximum absolute atomic E-state index is 12.4. The molecule has 2 rings (SSSR count).